The van der Waals surface area contributed by atoms with Crippen LogP contribution >= 0.6 is 23.5 Å². The van der Waals surface area contributed by atoms with E-state index in [1.807, 2.05) is 0 Å². The first kappa shape index (κ1) is 79.8. The zero-order valence-corrected chi connectivity index (χ0v) is 72.9. The molecule has 0 aliphatic carbocycles. The van der Waals surface area contributed by atoms with Gasteiger partial charge in [-0.3, -0.25) is 0 Å². The van der Waals surface area contributed by atoms with E-state index in [0.29, 0.717) is 0 Å². The lowest BCUT2D eigenvalue weighted by Gasteiger charge is -2.24. The number of rotatable bonds is 18. The molecule has 0 aromatic heterocycles. The maximum absolute atomic E-state index is 6.23. The van der Waals surface area contributed by atoms with E-state index in [2.05, 4.69) is 456 Å². The van der Waals surface area contributed by atoms with Gasteiger partial charge in [-0.05, 0) is 260 Å². The van der Waals surface area contributed by atoms with Gasteiger partial charge in [-0.1, -0.05) is 396 Å². The van der Waals surface area contributed by atoms with Crippen molar-refractivity contribution in [2.75, 3.05) is 11.5 Å². The average Bonchev–Trinajstić information content (AvgIpc) is 0.745. The Balaban J connectivity index is 0.856. The predicted molar refractivity (Wildman–Crippen MR) is 537 cm³/mol. The summed E-state index contributed by atoms with van der Waals surface area (Å²) in [6, 6.07) is 150. The summed E-state index contributed by atoms with van der Waals surface area (Å²) in [6.07, 6.45) is 0. The molecule has 0 radical (unpaired) electrons. The Kier molecular flexibility index (Phi) is 22.7. The standard InChI is InChI=1S/C120H94N2S2/c1-77-19-35-87(36-20-77)91-51-59-95(60-52-91)107-69-103(85-15-11-9-12-16-85)70-108(96-61-53-92(54-62-96)88-37-21-78(2)22-38-88)115(107)105-73-111(99-43-27-81(5)28-44-99)117(112(74-105)100-45-29-82(6)30-46-100)121-119-120(124-68-67-123-119)122-118-113(101-47-31-83(7)32-48-101)75-106(76-114(118)102-49-33-84(8)34-50-102)116-109(97-63-55-93(56-64-97)89-39-23-79(3)24-40-89)71-104(86-17-13-10-14-18-86)72-110(116)98-65-57-94(58-66-98)90-41-25-80(4)26-42-90/h9-66,69-76H,67-68H2,1-8H3. The van der Waals surface area contributed by atoms with Crippen molar-refractivity contribution < 1.29 is 0 Å². The van der Waals surface area contributed by atoms with Crippen LogP contribution in [0.2, 0.25) is 0 Å². The third-order valence-electron chi connectivity index (χ3n) is 24.2. The molecule has 0 unspecified atom stereocenters. The van der Waals surface area contributed by atoms with Crippen LogP contribution < -0.4 is 0 Å². The van der Waals surface area contributed by atoms with Crippen molar-refractivity contribution in [3.63, 3.8) is 0 Å². The van der Waals surface area contributed by atoms with Crippen molar-refractivity contribution in [2.24, 2.45) is 9.98 Å². The summed E-state index contributed by atoms with van der Waals surface area (Å²) in [5, 5.41) is 1.75. The minimum atomic E-state index is 0.851. The molecule has 0 saturated carbocycles. The molecule has 18 aromatic carbocycles. The molecule has 0 atom stereocenters. The maximum Gasteiger partial charge on any atom is 0.129 e. The third kappa shape index (κ3) is 17.1. The van der Waals surface area contributed by atoms with E-state index in [1.165, 1.54) is 89.0 Å². The maximum atomic E-state index is 6.23. The number of hydrogen-bond acceptors (Lipinski definition) is 4. The largest absolute Gasteiger partial charge is 0.238 e. The second-order valence-corrected chi connectivity index (χ2v) is 35.4. The highest BCUT2D eigenvalue weighted by Crippen LogP contribution is 2.53. The predicted octanol–water partition coefficient (Wildman–Crippen LogP) is 34.1. The Hall–Kier alpha value is -14.0. The van der Waals surface area contributed by atoms with Crippen LogP contribution in [-0.4, -0.2) is 21.6 Å². The molecule has 0 N–H and O–H groups in total. The topological polar surface area (TPSA) is 24.7 Å². The number of thioether (sulfide) groups is 2. The lowest BCUT2D eigenvalue weighted by molar-refractivity contribution is 1.43. The number of aliphatic imine (C=N–C) groups is 2. The monoisotopic (exact) mass is 1630 g/mol. The zero-order chi connectivity index (χ0) is 84.3. The number of nitrogens with zero attached hydrogens (tertiary/aromatic N) is 2. The van der Waals surface area contributed by atoms with Gasteiger partial charge in [-0.15, -0.1) is 23.5 Å². The highest BCUT2D eigenvalue weighted by Gasteiger charge is 2.28. The third-order valence-corrected chi connectivity index (χ3v) is 26.6. The van der Waals surface area contributed by atoms with E-state index < -0.39 is 0 Å². The molecular formula is C120H94N2S2. The van der Waals surface area contributed by atoms with Crippen molar-refractivity contribution in [2.45, 2.75) is 55.4 Å². The average molecular weight is 1630 g/mol. The summed E-state index contributed by atoms with van der Waals surface area (Å²) in [4.78, 5) is 12.5. The van der Waals surface area contributed by atoms with Gasteiger partial charge >= 0.3 is 0 Å². The van der Waals surface area contributed by atoms with E-state index in [0.717, 1.165) is 166 Å². The van der Waals surface area contributed by atoms with Gasteiger partial charge in [0.1, 0.15) is 10.1 Å². The van der Waals surface area contributed by atoms with E-state index in [1.54, 1.807) is 23.5 Å². The number of hydrogen-bond donors (Lipinski definition) is 0. The lowest BCUT2D eigenvalue weighted by Crippen LogP contribution is -2.14. The van der Waals surface area contributed by atoms with Crippen molar-refractivity contribution in [1.29, 1.82) is 0 Å². The molecule has 596 valence electrons. The highest BCUT2D eigenvalue weighted by molar-refractivity contribution is 8.27. The molecule has 1 aliphatic rings. The Labute approximate surface area is 739 Å². The van der Waals surface area contributed by atoms with Gasteiger partial charge in [0.2, 0.25) is 0 Å². The van der Waals surface area contributed by atoms with Gasteiger partial charge in [0, 0.05) is 33.8 Å². The first-order chi connectivity index (χ1) is 60.7. The number of aryl methyl sites for hydroxylation is 8. The molecule has 0 bridgehead atoms. The first-order valence-corrected chi connectivity index (χ1v) is 44.9. The Morgan fingerprint density at radius 1 is 0.153 bits per heavy atom. The van der Waals surface area contributed by atoms with Crippen LogP contribution in [0.15, 0.2) is 410 Å². The fourth-order valence-corrected chi connectivity index (χ4v) is 19.2. The molecule has 0 spiro atoms. The molecule has 1 saturated heterocycles. The zero-order valence-electron chi connectivity index (χ0n) is 71.2. The SMILES string of the molecule is Cc1ccc(-c2ccc(-c3cc(-c4ccccc4)cc(-c4ccc(-c5ccc(C)cc5)cc4)c3-c3cc(-c4ccc(C)cc4)c(N=C4SCCSC4=Nc4c(-c5ccc(C)cc5)cc(-c5c(-c6ccc(-c7ccc(C)cc7)cc6)cc(-c6ccccc6)cc5-c5ccc(-c6ccc(C)cc6)cc5)cc4-c4ccc(C)cc4)c(-c4ccc(C)cc4)c3)cc2)cc1. The summed E-state index contributed by atoms with van der Waals surface area (Å²) in [7, 11) is 0. The minimum Gasteiger partial charge on any atom is -0.238 e. The summed E-state index contributed by atoms with van der Waals surface area (Å²) in [6.45, 7) is 17.3. The molecule has 4 heteroatoms. The molecule has 1 heterocycles. The van der Waals surface area contributed by atoms with Crippen LogP contribution in [0, 0.1) is 55.4 Å². The molecule has 1 aliphatic heterocycles. The van der Waals surface area contributed by atoms with Crippen LogP contribution in [0.4, 0.5) is 11.4 Å². The van der Waals surface area contributed by atoms with Crippen LogP contribution in [0.3, 0.4) is 0 Å². The van der Waals surface area contributed by atoms with Crippen LogP contribution in [0.5, 0.6) is 0 Å². The van der Waals surface area contributed by atoms with Gasteiger partial charge < -0.3 is 0 Å². The molecule has 19 rings (SSSR count). The summed E-state index contributed by atoms with van der Waals surface area (Å²) >= 11 is 3.60. The Morgan fingerprint density at radius 3 is 0.508 bits per heavy atom. The van der Waals surface area contributed by atoms with E-state index in [-0.39, 0.29) is 0 Å². The number of benzene rings is 18. The highest BCUT2D eigenvalue weighted by atomic mass is 32.2. The first-order valence-electron chi connectivity index (χ1n) is 42.9. The van der Waals surface area contributed by atoms with E-state index >= 15 is 0 Å². The van der Waals surface area contributed by atoms with Crippen molar-refractivity contribution in [3.8, 4) is 178 Å². The van der Waals surface area contributed by atoms with Crippen molar-refractivity contribution in [1.82, 2.24) is 0 Å². The minimum absolute atomic E-state index is 0.851. The smallest absolute Gasteiger partial charge is 0.129 e. The van der Waals surface area contributed by atoms with Gasteiger partial charge in [0.05, 0.1) is 11.4 Å². The van der Waals surface area contributed by atoms with Gasteiger partial charge in [0.15, 0.2) is 0 Å². The molecule has 18 aromatic rings. The van der Waals surface area contributed by atoms with Gasteiger partial charge in [0.25, 0.3) is 0 Å². The fraction of sp³-hybridized carbons (Fsp3) is 0.0833. The normalized spacial score (nSPS) is 12.7. The quantitative estimate of drug-likeness (QED) is 0.0855. The molecule has 0 amide bonds. The lowest BCUT2D eigenvalue weighted by atomic mass is 9.82. The van der Waals surface area contributed by atoms with Gasteiger partial charge in [-0.2, -0.15) is 0 Å². The second kappa shape index (κ2) is 35.2. The van der Waals surface area contributed by atoms with Crippen molar-refractivity contribution in [3.05, 3.63) is 445 Å². The van der Waals surface area contributed by atoms with Crippen LogP contribution in [0.25, 0.3) is 178 Å². The molecule has 2 nitrogen and oxygen atoms in total. The van der Waals surface area contributed by atoms with E-state index in [9.17, 15) is 0 Å². The summed E-state index contributed by atoms with van der Waals surface area (Å²) in [5.74, 6) is 1.70. The van der Waals surface area contributed by atoms with Gasteiger partial charge in [-0.25, -0.2) is 9.98 Å². The molecular weight excluding hydrogens is 1530 g/mol. The Bertz CT molecular complexity index is 6210. The second-order valence-electron chi connectivity index (χ2n) is 33.2. The molecule has 1 fully saturated rings. The molecule has 124 heavy (non-hydrogen) atoms. The van der Waals surface area contributed by atoms with Crippen molar-refractivity contribution >= 4 is 45.0 Å². The van der Waals surface area contributed by atoms with Crippen LogP contribution in [0.1, 0.15) is 44.5 Å². The Morgan fingerprint density at radius 2 is 0.306 bits per heavy atom. The fourth-order valence-electron chi connectivity index (χ4n) is 17.1. The summed E-state index contributed by atoms with van der Waals surface area (Å²) < 4.78 is 0. The summed E-state index contributed by atoms with van der Waals surface area (Å²) in [5.41, 5.74) is 47.2. The van der Waals surface area contributed by atoms with Crippen LogP contribution in [-0.2, 0) is 0 Å². The van der Waals surface area contributed by atoms with E-state index in [4.69, 9.17) is 9.98 Å².